The van der Waals surface area contributed by atoms with Crippen LogP contribution in [-0.4, -0.2) is 27.2 Å². The number of carbonyl (C=O) groups excluding carboxylic acids is 1. The van der Waals surface area contributed by atoms with Crippen molar-refractivity contribution in [1.82, 2.24) is 4.90 Å². The standard InChI is InChI=1S/C12H14N2OS2/c1-9(2)13-8-17-12(16)14(11(13)15)10-6-4-3-5-7-10/h3-7,9H,8H2,1-2H3. The van der Waals surface area contributed by atoms with Crippen LogP contribution < -0.4 is 4.90 Å². The van der Waals surface area contributed by atoms with Crippen molar-refractivity contribution in [1.29, 1.82) is 0 Å². The largest absolute Gasteiger partial charge is 0.331 e. The summed E-state index contributed by atoms with van der Waals surface area (Å²) in [5.41, 5.74) is 0.834. The van der Waals surface area contributed by atoms with Crippen molar-refractivity contribution < 1.29 is 4.79 Å². The van der Waals surface area contributed by atoms with Gasteiger partial charge < -0.3 is 4.90 Å². The average molecular weight is 266 g/mol. The number of para-hydroxylation sites is 1. The molecule has 90 valence electrons. The van der Waals surface area contributed by atoms with Crippen LogP contribution in [0.2, 0.25) is 0 Å². The monoisotopic (exact) mass is 266 g/mol. The highest BCUT2D eigenvalue weighted by Gasteiger charge is 2.32. The summed E-state index contributed by atoms with van der Waals surface area (Å²) in [6.45, 7) is 4.02. The second-order valence-electron chi connectivity index (χ2n) is 4.06. The van der Waals surface area contributed by atoms with E-state index in [1.54, 1.807) is 4.90 Å². The van der Waals surface area contributed by atoms with Crippen LogP contribution >= 0.6 is 24.0 Å². The van der Waals surface area contributed by atoms with Crippen molar-refractivity contribution in [2.45, 2.75) is 19.9 Å². The molecule has 0 N–H and O–H groups in total. The molecule has 1 saturated heterocycles. The Morgan fingerprint density at radius 2 is 1.94 bits per heavy atom. The van der Waals surface area contributed by atoms with E-state index in [2.05, 4.69) is 0 Å². The molecule has 1 heterocycles. The maximum absolute atomic E-state index is 12.3. The third-order valence-corrected chi connectivity index (χ3v) is 3.96. The van der Waals surface area contributed by atoms with E-state index in [0.29, 0.717) is 10.2 Å². The number of benzene rings is 1. The van der Waals surface area contributed by atoms with E-state index in [-0.39, 0.29) is 12.1 Å². The minimum atomic E-state index is -0.0325. The number of urea groups is 1. The van der Waals surface area contributed by atoms with Crippen molar-refractivity contribution in [3.8, 4) is 0 Å². The van der Waals surface area contributed by atoms with Crippen LogP contribution in [0.5, 0.6) is 0 Å². The number of anilines is 1. The van der Waals surface area contributed by atoms with E-state index in [1.807, 2.05) is 49.1 Å². The van der Waals surface area contributed by atoms with E-state index in [9.17, 15) is 4.79 Å². The average Bonchev–Trinajstić information content (AvgIpc) is 2.30. The van der Waals surface area contributed by atoms with Gasteiger partial charge in [0.05, 0.1) is 11.6 Å². The normalized spacial score (nSPS) is 16.9. The van der Waals surface area contributed by atoms with Gasteiger partial charge in [0.25, 0.3) is 0 Å². The molecular formula is C12H14N2OS2. The summed E-state index contributed by atoms with van der Waals surface area (Å²) >= 11 is 6.79. The molecule has 3 nitrogen and oxygen atoms in total. The van der Waals surface area contributed by atoms with Crippen LogP contribution in [0.4, 0.5) is 10.5 Å². The fourth-order valence-electron chi connectivity index (χ4n) is 1.61. The molecule has 0 spiro atoms. The summed E-state index contributed by atoms with van der Waals surface area (Å²) < 4.78 is 0.623. The maximum atomic E-state index is 12.3. The first-order valence-electron chi connectivity index (χ1n) is 5.44. The molecule has 0 saturated carbocycles. The van der Waals surface area contributed by atoms with E-state index >= 15 is 0 Å². The second-order valence-corrected chi connectivity index (χ2v) is 5.64. The number of hydrogen-bond acceptors (Lipinski definition) is 3. The van der Waals surface area contributed by atoms with Crippen LogP contribution in [0.25, 0.3) is 0 Å². The van der Waals surface area contributed by atoms with Gasteiger partial charge >= 0.3 is 6.03 Å². The molecule has 0 aliphatic carbocycles. The van der Waals surface area contributed by atoms with Crippen LogP contribution in [0.3, 0.4) is 0 Å². The molecule has 0 radical (unpaired) electrons. The smallest absolute Gasteiger partial charge is 0.312 e. The van der Waals surface area contributed by atoms with Gasteiger partial charge in [-0.05, 0) is 26.0 Å². The number of nitrogens with zero attached hydrogens (tertiary/aromatic N) is 2. The van der Waals surface area contributed by atoms with Crippen LogP contribution in [0.15, 0.2) is 30.3 Å². The number of thioether (sulfide) groups is 1. The number of carbonyl (C=O) groups is 1. The first kappa shape index (κ1) is 12.4. The Hall–Kier alpha value is -1.07. The fraction of sp³-hybridized carbons (Fsp3) is 0.333. The molecule has 1 aliphatic heterocycles. The summed E-state index contributed by atoms with van der Waals surface area (Å²) in [6.07, 6.45) is 0. The number of hydrogen-bond donors (Lipinski definition) is 0. The Labute approximate surface area is 111 Å². The van der Waals surface area contributed by atoms with Crippen LogP contribution in [0, 0.1) is 0 Å². The van der Waals surface area contributed by atoms with Gasteiger partial charge in [0.15, 0.2) is 4.32 Å². The molecule has 1 fully saturated rings. The summed E-state index contributed by atoms with van der Waals surface area (Å²) in [5.74, 6) is 0.638. The Morgan fingerprint density at radius 3 is 2.53 bits per heavy atom. The number of thiocarbonyl (C=S) groups is 1. The molecule has 2 rings (SSSR count). The van der Waals surface area contributed by atoms with Gasteiger partial charge in [0.2, 0.25) is 0 Å². The number of amides is 2. The van der Waals surface area contributed by atoms with Crippen molar-refractivity contribution in [3.63, 3.8) is 0 Å². The van der Waals surface area contributed by atoms with Crippen molar-refractivity contribution >= 4 is 40.0 Å². The molecule has 17 heavy (non-hydrogen) atoms. The van der Waals surface area contributed by atoms with Gasteiger partial charge in [0, 0.05) is 6.04 Å². The number of rotatable bonds is 2. The molecule has 0 bridgehead atoms. The summed E-state index contributed by atoms with van der Waals surface area (Å²) in [7, 11) is 0. The molecule has 1 aromatic rings. The molecule has 1 aliphatic rings. The topological polar surface area (TPSA) is 23.6 Å². The minimum absolute atomic E-state index is 0.0325. The van der Waals surface area contributed by atoms with Gasteiger partial charge in [-0.1, -0.05) is 42.2 Å². The second kappa shape index (κ2) is 5.06. The SMILES string of the molecule is CC(C)N1CSC(=S)N(c2ccccc2)C1=O. The third-order valence-electron chi connectivity index (χ3n) is 2.58. The first-order chi connectivity index (χ1) is 8.11. The molecule has 2 amide bonds. The van der Waals surface area contributed by atoms with Crippen molar-refractivity contribution in [2.75, 3.05) is 10.8 Å². The highest BCUT2D eigenvalue weighted by molar-refractivity contribution is 8.23. The molecule has 0 aromatic heterocycles. The van der Waals surface area contributed by atoms with Crippen molar-refractivity contribution in [3.05, 3.63) is 30.3 Å². The van der Waals surface area contributed by atoms with E-state index < -0.39 is 0 Å². The van der Waals surface area contributed by atoms with Crippen LogP contribution in [0.1, 0.15) is 13.8 Å². The molecule has 0 atom stereocenters. The van der Waals surface area contributed by atoms with Gasteiger partial charge in [0.1, 0.15) is 0 Å². The Morgan fingerprint density at radius 1 is 1.29 bits per heavy atom. The predicted molar refractivity (Wildman–Crippen MR) is 76.3 cm³/mol. The molecule has 1 aromatic carbocycles. The van der Waals surface area contributed by atoms with Gasteiger partial charge in [-0.3, -0.25) is 0 Å². The summed E-state index contributed by atoms with van der Waals surface area (Å²) in [5, 5.41) is 0. The van der Waals surface area contributed by atoms with Crippen LogP contribution in [-0.2, 0) is 0 Å². The lowest BCUT2D eigenvalue weighted by Crippen LogP contribution is -2.52. The molecular weight excluding hydrogens is 252 g/mol. The zero-order chi connectivity index (χ0) is 12.4. The first-order valence-corrected chi connectivity index (χ1v) is 6.83. The highest BCUT2D eigenvalue weighted by atomic mass is 32.2. The van der Waals surface area contributed by atoms with E-state index in [4.69, 9.17) is 12.2 Å². The third kappa shape index (κ3) is 2.45. The minimum Gasteiger partial charge on any atom is -0.312 e. The zero-order valence-electron chi connectivity index (χ0n) is 9.79. The fourth-order valence-corrected chi connectivity index (χ4v) is 2.93. The predicted octanol–water partition coefficient (Wildman–Crippen LogP) is 3.31. The lowest BCUT2D eigenvalue weighted by Gasteiger charge is -2.37. The Kier molecular flexibility index (Phi) is 3.69. The molecule has 0 unspecified atom stereocenters. The van der Waals surface area contributed by atoms with Gasteiger partial charge in [-0.25, -0.2) is 9.69 Å². The molecule has 5 heteroatoms. The summed E-state index contributed by atoms with van der Waals surface area (Å²) in [6, 6.07) is 9.69. The van der Waals surface area contributed by atoms with E-state index in [1.165, 1.54) is 11.8 Å². The van der Waals surface area contributed by atoms with Crippen molar-refractivity contribution in [2.24, 2.45) is 0 Å². The zero-order valence-corrected chi connectivity index (χ0v) is 11.4. The van der Waals surface area contributed by atoms with Gasteiger partial charge in [-0.15, -0.1) is 0 Å². The lowest BCUT2D eigenvalue weighted by molar-refractivity contribution is 0.204. The highest BCUT2D eigenvalue weighted by Crippen LogP contribution is 2.27. The Balaban J connectivity index is 2.31. The maximum Gasteiger partial charge on any atom is 0.331 e. The van der Waals surface area contributed by atoms with E-state index in [0.717, 1.165) is 5.69 Å². The van der Waals surface area contributed by atoms with Gasteiger partial charge in [-0.2, -0.15) is 0 Å². The quantitative estimate of drug-likeness (QED) is 0.767. The summed E-state index contributed by atoms with van der Waals surface area (Å²) in [4.78, 5) is 15.7. The Bertz CT molecular complexity index is 433. The lowest BCUT2D eigenvalue weighted by atomic mass is 10.3.